The first-order chi connectivity index (χ1) is 6.75. The van der Waals surface area contributed by atoms with E-state index < -0.39 is 0 Å². The predicted octanol–water partition coefficient (Wildman–Crippen LogP) is 3.64. The molecule has 14 heavy (non-hydrogen) atoms. The third-order valence-electron chi connectivity index (χ3n) is 2.81. The summed E-state index contributed by atoms with van der Waals surface area (Å²) in [4.78, 5) is 4.48. The van der Waals surface area contributed by atoms with E-state index in [-0.39, 0.29) is 5.82 Å². The van der Waals surface area contributed by atoms with Gasteiger partial charge in [0.25, 0.3) is 0 Å². The molecule has 0 radical (unpaired) electrons. The summed E-state index contributed by atoms with van der Waals surface area (Å²) in [6.07, 6.45) is 7.77. The summed E-state index contributed by atoms with van der Waals surface area (Å²) in [5.41, 5.74) is 1.05. The van der Waals surface area contributed by atoms with Gasteiger partial charge in [-0.05, 0) is 36.8 Å². The second-order valence-electron chi connectivity index (χ2n) is 3.90. The van der Waals surface area contributed by atoms with E-state index in [0.717, 1.165) is 18.4 Å². The summed E-state index contributed by atoms with van der Waals surface area (Å²) < 4.78 is 12.9. The first kappa shape index (κ1) is 10.1. The zero-order valence-electron chi connectivity index (χ0n) is 7.92. The number of rotatable bonds is 1. The summed E-state index contributed by atoms with van der Waals surface area (Å²) >= 11 is 3.63. The summed E-state index contributed by atoms with van der Waals surface area (Å²) in [5, 5.41) is 0. The van der Waals surface area contributed by atoms with Crippen molar-refractivity contribution in [2.45, 2.75) is 36.4 Å². The number of pyridine rings is 1. The summed E-state index contributed by atoms with van der Waals surface area (Å²) in [6, 6.07) is 1.61. The van der Waals surface area contributed by atoms with Crippen LogP contribution in [0.2, 0.25) is 0 Å². The third kappa shape index (κ3) is 2.32. The van der Waals surface area contributed by atoms with Gasteiger partial charge in [0.05, 0.1) is 6.20 Å². The van der Waals surface area contributed by atoms with Crippen LogP contribution in [0.4, 0.5) is 4.39 Å². The van der Waals surface area contributed by atoms with E-state index in [0.29, 0.717) is 10.7 Å². The Hall–Kier alpha value is -0.440. The smallest absolute Gasteiger partial charge is 0.141 e. The number of alkyl halides is 1. The lowest BCUT2D eigenvalue weighted by Gasteiger charge is -2.25. The van der Waals surface area contributed by atoms with E-state index in [4.69, 9.17) is 0 Å². The van der Waals surface area contributed by atoms with Crippen LogP contribution < -0.4 is 0 Å². The van der Waals surface area contributed by atoms with Gasteiger partial charge in [0, 0.05) is 11.0 Å². The first-order valence-electron chi connectivity index (χ1n) is 5.00. The largest absolute Gasteiger partial charge is 0.261 e. The molecule has 2 rings (SSSR count). The molecule has 1 nitrogen and oxygen atoms in total. The van der Waals surface area contributed by atoms with Gasteiger partial charge in [0.15, 0.2) is 0 Å². The van der Waals surface area contributed by atoms with Crippen LogP contribution >= 0.6 is 15.9 Å². The Labute approximate surface area is 91.9 Å². The molecule has 0 saturated heterocycles. The highest BCUT2D eigenvalue weighted by Gasteiger charge is 2.21. The predicted molar refractivity (Wildman–Crippen MR) is 58.1 cm³/mol. The van der Waals surface area contributed by atoms with Crippen molar-refractivity contribution in [1.82, 2.24) is 4.98 Å². The van der Waals surface area contributed by atoms with Crippen LogP contribution in [0.15, 0.2) is 18.5 Å². The number of hydrogen-bond acceptors (Lipinski definition) is 1. The van der Waals surface area contributed by atoms with Gasteiger partial charge in [-0.15, -0.1) is 0 Å². The van der Waals surface area contributed by atoms with E-state index in [1.165, 1.54) is 19.0 Å². The maximum Gasteiger partial charge on any atom is 0.141 e. The van der Waals surface area contributed by atoms with Gasteiger partial charge in [0.2, 0.25) is 0 Å². The maximum absolute atomic E-state index is 12.9. The molecule has 2 unspecified atom stereocenters. The number of hydrogen-bond donors (Lipinski definition) is 0. The van der Waals surface area contributed by atoms with Crippen molar-refractivity contribution >= 4 is 15.9 Å². The van der Waals surface area contributed by atoms with Gasteiger partial charge in [-0.2, -0.15) is 0 Å². The topological polar surface area (TPSA) is 12.9 Å². The Balaban J connectivity index is 2.14. The minimum atomic E-state index is -0.223. The van der Waals surface area contributed by atoms with Crippen molar-refractivity contribution in [2.75, 3.05) is 0 Å². The molecule has 0 spiro atoms. The summed E-state index contributed by atoms with van der Waals surface area (Å²) in [7, 11) is 0. The lowest BCUT2D eigenvalue weighted by molar-refractivity contribution is 0.455. The van der Waals surface area contributed by atoms with Gasteiger partial charge < -0.3 is 0 Å². The summed E-state index contributed by atoms with van der Waals surface area (Å²) in [5.74, 6) is 0.260. The quantitative estimate of drug-likeness (QED) is 0.701. The molecule has 0 aliphatic heterocycles. The fourth-order valence-corrected chi connectivity index (χ4v) is 2.86. The second kappa shape index (κ2) is 4.39. The Morgan fingerprint density at radius 1 is 1.36 bits per heavy atom. The molecular weight excluding hydrogens is 245 g/mol. The van der Waals surface area contributed by atoms with Crippen LogP contribution in [0, 0.1) is 5.82 Å². The van der Waals surface area contributed by atoms with E-state index in [1.807, 2.05) is 0 Å². The molecule has 0 N–H and O–H groups in total. The van der Waals surface area contributed by atoms with Gasteiger partial charge in [-0.3, -0.25) is 4.98 Å². The summed E-state index contributed by atoms with van der Waals surface area (Å²) in [6.45, 7) is 0. The Kier molecular flexibility index (Phi) is 3.16. The normalized spacial score (nSPS) is 27.6. The van der Waals surface area contributed by atoms with E-state index in [2.05, 4.69) is 20.9 Å². The van der Waals surface area contributed by atoms with Crippen molar-refractivity contribution < 1.29 is 4.39 Å². The van der Waals surface area contributed by atoms with E-state index >= 15 is 0 Å². The molecule has 1 heterocycles. The fourth-order valence-electron chi connectivity index (χ4n) is 2.08. The first-order valence-corrected chi connectivity index (χ1v) is 5.92. The van der Waals surface area contributed by atoms with E-state index in [9.17, 15) is 4.39 Å². The standard InChI is InChI=1S/C11H13BrFN/c12-10-3-1-2-8(4-10)9-5-11(13)7-14-6-9/h5-8,10H,1-4H2. The van der Waals surface area contributed by atoms with Crippen molar-refractivity contribution in [3.05, 3.63) is 29.8 Å². The van der Waals surface area contributed by atoms with Crippen molar-refractivity contribution in [1.29, 1.82) is 0 Å². The van der Waals surface area contributed by atoms with Crippen molar-refractivity contribution in [3.63, 3.8) is 0 Å². The average Bonchev–Trinajstić information content (AvgIpc) is 2.18. The lowest BCUT2D eigenvalue weighted by Crippen LogP contribution is -2.13. The number of halogens is 2. The molecule has 0 amide bonds. The highest BCUT2D eigenvalue weighted by atomic mass is 79.9. The molecule has 1 aliphatic rings. The highest BCUT2D eigenvalue weighted by Crippen LogP contribution is 2.35. The molecule has 1 saturated carbocycles. The van der Waals surface area contributed by atoms with Gasteiger partial charge in [0.1, 0.15) is 5.82 Å². The molecule has 1 fully saturated rings. The van der Waals surface area contributed by atoms with Crippen molar-refractivity contribution in [2.24, 2.45) is 0 Å². The van der Waals surface area contributed by atoms with Crippen LogP contribution in [0.1, 0.15) is 37.2 Å². The molecule has 0 bridgehead atoms. The van der Waals surface area contributed by atoms with Crippen LogP contribution in [0.5, 0.6) is 0 Å². The van der Waals surface area contributed by atoms with Gasteiger partial charge in [-0.1, -0.05) is 22.4 Å². The molecule has 3 heteroatoms. The zero-order valence-corrected chi connectivity index (χ0v) is 9.50. The Morgan fingerprint density at radius 3 is 2.93 bits per heavy atom. The van der Waals surface area contributed by atoms with Crippen molar-refractivity contribution in [3.8, 4) is 0 Å². The van der Waals surface area contributed by atoms with Crippen LogP contribution in [0.3, 0.4) is 0 Å². The maximum atomic E-state index is 12.9. The second-order valence-corrected chi connectivity index (χ2v) is 5.19. The number of aromatic nitrogens is 1. The lowest BCUT2D eigenvalue weighted by atomic mass is 9.85. The SMILES string of the molecule is Fc1cncc(C2CCCC(Br)C2)c1. The molecule has 2 atom stereocenters. The molecule has 76 valence electrons. The molecule has 1 aliphatic carbocycles. The minimum absolute atomic E-state index is 0.223. The molecule has 0 aromatic carbocycles. The van der Waals surface area contributed by atoms with Crippen LogP contribution in [-0.2, 0) is 0 Å². The van der Waals surface area contributed by atoms with Crippen LogP contribution in [0.25, 0.3) is 0 Å². The minimum Gasteiger partial charge on any atom is -0.261 e. The monoisotopic (exact) mass is 257 g/mol. The zero-order chi connectivity index (χ0) is 9.97. The Bertz CT molecular complexity index is 316. The molecule has 1 aromatic heterocycles. The third-order valence-corrected chi connectivity index (χ3v) is 3.64. The molecular formula is C11H13BrFN. The van der Waals surface area contributed by atoms with Crippen LogP contribution in [-0.4, -0.2) is 9.81 Å². The Morgan fingerprint density at radius 2 is 2.21 bits per heavy atom. The fraction of sp³-hybridized carbons (Fsp3) is 0.545. The highest BCUT2D eigenvalue weighted by molar-refractivity contribution is 9.09. The molecule has 1 aromatic rings. The number of nitrogens with zero attached hydrogens (tertiary/aromatic N) is 1. The van der Waals surface area contributed by atoms with E-state index in [1.54, 1.807) is 12.3 Å². The van der Waals surface area contributed by atoms with Gasteiger partial charge >= 0.3 is 0 Å². The average molecular weight is 258 g/mol. The van der Waals surface area contributed by atoms with Gasteiger partial charge in [-0.25, -0.2) is 4.39 Å².